The Morgan fingerprint density at radius 2 is 1.73 bits per heavy atom. The van der Waals surface area contributed by atoms with Gasteiger partial charge in [-0.05, 0) is 47.9 Å². The molecule has 0 aliphatic carbocycles. The number of anilines is 3. The predicted molar refractivity (Wildman–Crippen MR) is 91.4 cm³/mol. The third kappa shape index (κ3) is 2.34. The number of hydrogen-bond donors (Lipinski definition) is 3. The van der Waals surface area contributed by atoms with Gasteiger partial charge < -0.3 is 20.7 Å². The molecule has 2 aromatic rings. The first-order chi connectivity index (χ1) is 10.8. The summed E-state index contributed by atoms with van der Waals surface area (Å²) in [6, 6.07) is 13.0. The summed E-state index contributed by atoms with van der Waals surface area (Å²) in [5.74, 6) is 1.42. The van der Waals surface area contributed by atoms with Gasteiger partial charge in [0.15, 0.2) is 0 Å². The molecule has 2 aliphatic heterocycles. The average molecular weight is 295 g/mol. The van der Waals surface area contributed by atoms with E-state index in [9.17, 15) is 0 Å². The molecule has 0 spiro atoms. The fourth-order valence-electron chi connectivity index (χ4n) is 3.36. The second-order valence-electron chi connectivity index (χ2n) is 5.96. The number of rotatable bonds is 2. The van der Waals surface area contributed by atoms with Crippen molar-refractivity contribution in [1.29, 1.82) is 0 Å². The highest BCUT2D eigenvalue weighted by Crippen LogP contribution is 2.35. The van der Waals surface area contributed by atoms with Crippen LogP contribution in [0.25, 0.3) is 0 Å². The molecule has 4 rings (SSSR count). The molecule has 0 saturated carbocycles. The van der Waals surface area contributed by atoms with Gasteiger partial charge in [0.1, 0.15) is 5.75 Å². The van der Waals surface area contributed by atoms with Crippen LogP contribution in [-0.2, 0) is 6.42 Å². The zero-order valence-corrected chi connectivity index (χ0v) is 12.8. The minimum Gasteiger partial charge on any atom is -0.497 e. The smallest absolute Gasteiger partial charge is 0.119 e. The molecule has 0 amide bonds. The molecule has 114 valence electrons. The Balaban J connectivity index is 1.61. The van der Waals surface area contributed by atoms with Gasteiger partial charge in [-0.15, -0.1) is 0 Å². The molecule has 1 unspecified atom stereocenters. The third-order valence-corrected chi connectivity index (χ3v) is 4.59. The summed E-state index contributed by atoms with van der Waals surface area (Å²) in [5, 5.41) is 10.5. The molecule has 2 aromatic carbocycles. The fraction of sp³-hybridized carbons (Fsp3) is 0.333. The van der Waals surface area contributed by atoms with E-state index in [4.69, 9.17) is 4.74 Å². The first-order valence-electron chi connectivity index (χ1n) is 7.86. The fourth-order valence-corrected chi connectivity index (χ4v) is 3.36. The summed E-state index contributed by atoms with van der Waals surface area (Å²) in [4.78, 5) is 0. The molecule has 22 heavy (non-hydrogen) atoms. The van der Waals surface area contributed by atoms with E-state index in [0.717, 1.165) is 31.8 Å². The molecule has 0 fully saturated rings. The van der Waals surface area contributed by atoms with Crippen LogP contribution in [0.2, 0.25) is 0 Å². The van der Waals surface area contributed by atoms with Gasteiger partial charge in [0.25, 0.3) is 0 Å². The van der Waals surface area contributed by atoms with Crippen LogP contribution < -0.4 is 20.7 Å². The molecule has 1 atom stereocenters. The number of hydrogen-bond acceptors (Lipinski definition) is 4. The van der Waals surface area contributed by atoms with Crippen LogP contribution in [0.1, 0.15) is 17.0 Å². The molecule has 0 radical (unpaired) electrons. The van der Waals surface area contributed by atoms with Crippen molar-refractivity contribution in [3.8, 4) is 5.75 Å². The van der Waals surface area contributed by atoms with Crippen molar-refractivity contribution in [2.45, 2.75) is 12.3 Å². The summed E-state index contributed by atoms with van der Waals surface area (Å²) in [5.41, 5.74) is 6.38. The van der Waals surface area contributed by atoms with Gasteiger partial charge in [0, 0.05) is 31.2 Å². The Bertz CT molecular complexity index is 699. The zero-order valence-electron chi connectivity index (χ0n) is 12.8. The first kappa shape index (κ1) is 13.3. The van der Waals surface area contributed by atoms with Gasteiger partial charge >= 0.3 is 0 Å². The van der Waals surface area contributed by atoms with Crippen molar-refractivity contribution in [1.82, 2.24) is 0 Å². The van der Waals surface area contributed by atoms with Gasteiger partial charge in [0.2, 0.25) is 0 Å². The molecule has 0 aromatic heterocycles. The van der Waals surface area contributed by atoms with E-state index in [-0.39, 0.29) is 0 Å². The van der Waals surface area contributed by atoms with Crippen molar-refractivity contribution >= 4 is 17.1 Å². The minimum atomic E-state index is 0.494. The molecule has 4 nitrogen and oxygen atoms in total. The highest BCUT2D eigenvalue weighted by molar-refractivity contribution is 5.72. The minimum absolute atomic E-state index is 0.494. The molecule has 4 heteroatoms. The van der Waals surface area contributed by atoms with E-state index in [1.54, 1.807) is 7.11 Å². The lowest BCUT2D eigenvalue weighted by molar-refractivity contribution is 0.414. The topological polar surface area (TPSA) is 45.3 Å². The van der Waals surface area contributed by atoms with E-state index in [1.165, 1.54) is 28.2 Å². The normalized spacial score (nSPS) is 19.0. The van der Waals surface area contributed by atoms with Crippen LogP contribution in [0.4, 0.5) is 17.1 Å². The van der Waals surface area contributed by atoms with Gasteiger partial charge in [-0.3, -0.25) is 0 Å². The maximum Gasteiger partial charge on any atom is 0.119 e. The zero-order chi connectivity index (χ0) is 14.9. The Morgan fingerprint density at radius 3 is 2.59 bits per heavy atom. The quantitative estimate of drug-likeness (QED) is 0.795. The van der Waals surface area contributed by atoms with Crippen molar-refractivity contribution in [3.05, 3.63) is 47.5 Å². The summed E-state index contributed by atoms with van der Waals surface area (Å²) in [6.07, 6.45) is 1.05. The number of benzene rings is 2. The Hall–Kier alpha value is -2.36. The molecular weight excluding hydrogens is 274 g/mol. The summed E-state index contributed by atoms with van der Waals surface area (Å²) in [7, 11) is 1.72. The van der Waals surface area contributed by atoms with Crippen molar-refractivity contribution < 1.29 is 4.74 Å². The molecule has 2 heterocycles. The van der Waals surface area contributed by atoms with Gasteiger partial charge in [-0.1, -0.05) is 6.07 Å². The summed E-state index contributed by atoms with van der Waals surface area (Å²) < 4.78 is 5.35. The number of nitrogens with one attached hydrogen (secondary N) is 3. The van der Waals surface area contributed by atoms with Crippen molar-refractivity contribution in [2.24, 2.45) is 0 Å². The van der Waals surface area contributed by atoms with Crippen molar-refractivity contribution in [2.75, 3.05) is 42.7 Å². The second kappa shape index (κ2) is 5.44. The Kier molecular flexibility index (Phi) is 3.29. The van der Waals surface area contributed by atoms with Crippen LogP contribution >= 0.6 is 0 Å². The lowest BCUT2D eigenvalue weighted by atomic mass is 9.87. The van der Waals surface area contributed by atoms with Crippen LogP contribution in [0.15, 0.2) is 36.4 Å². The highest BCUT2D eigenvalue weighted by atomic mass is 16.5. The maximum absolute atomic E-state index is 5.35. The number of fused-ring (bicyclic) bond motifs is 2. The van der Waals surface area contributed by atoms with E-state index in [2.05, 4.69) is 46.3 Å². The maximum atomic E-state index is 5.35. The van der Waals surface area contributed by atoms with E-state index >= 15 is 0 Å². The largest absolute Gasteiger partial charge is 0.497 e. The van der Waals surface area contributed by atoms with E-state index < -0.39 is 0 Å². The second-order valence-corrected chi connectivity index (χ2v) is 5.96. The van der Waals surface area contributed by atoms with Crippen LogP contribution in [0.3, 0.4) is 0 Å². The predicted octanol–water partition coefficient (Wildman–Crippen LogP) is 3.28. The average Bonchev–Trinajstić information content (AvgIpc) is 2.60. The first-order valence-corrected chi connectivity index (χ1v) is 7.86. The van der Waals surface area contributed by atoms with Gasteiger partial charge in [-0.25, -0.2) is 0 Å². The molecule has 0 bridgehead atoms. The monoisotopic (exact) mass is 295 g/mol. The van der Waals surface area contributed by atoms with Gasteiger partial charge in [-0.2, -0.15) is 0 Å². The highest BCUT2D eigenvalue weighted by Gasteiger charge is 2.21. The third-order valence-electron chi connectivity index (χ3n) is 4.59. The number of ether oxygens (including phenoxy) is 1. The summed E-state index contributed by atoms with van der Waals surface area (Å²) in [6.45, 7) is 2.95. The lowest BCUT2D eigenvalue weighted by Crippen LogP contribution is -2.23. The van der Waals surface area contributed by atoms with Crippen LogP contribution in [0.5, 0.6) is 5.75 Å². The van der Waals surface area contributed by atoms with E-state index in [1.807, 2.05) is 6.07 Å². The summed E-state index contributed by atoms with van der Waals surface area (Å²) >= 11 is 0. The molecule has 0 saturated heterocycles. The number of methoxy groups -OCH3 is 1. The van der Waals surface area contributed by atoms with E-state index in [0.29, 0.717) is 5.92 Å². The standard InChI is InChI=1S/C18H21N3O/c1-22-15-3-5-16-13(9-15)8-14(11-21-16)12-2-4-17-18(10-12)20-7-6-19-17/h2-5,9-10,14,19-21H,6-8,11H2,1H3. The molecule has 3 N–H and O–H groups in total. The lowest BCUT2D eigenvalue weighted by Gasteiger charge is -2.28. The van der Waals surface area contributed by atoms with Crippen LogP contribution in [-0.4, -0.2) is 26.7 Å². The van der Waals surface area contributed by atoms with Crippen LogP contribution in [0, 0.1) is 0 Å². The Labute approximate surface area is 130 Å². The SMILES string of the molecule is COc1ccc2c(c1)CC(c1ccc3c(c1)NCCN3)CN2. The van der Waals surface area contributed by atoms with Gasteiger partial charge in [0.05, 0.1) is 18.5 Å². The van der Waals surface area contributed by atoms with Crippen molar-refractivity contribution in [3.63, 3.8) is 0 Å². The molecular formula is C18H21N3O. The Morgan fingerprint density at radius 1 is 0.909 bits per heavy atom. The molecule has 2 aliphatic rings.